The van der Waals surface area contributed by atoms with E-state index in [-0.39, 0.29) is 22.0 Å². The quantitative estimate of drug-likeness (QED) is 0.881. The molecule has 0 unspecified atom stereocenters. The molecule has 2 aromatic rings. The van der Waals surface area contributed by atoms with Crippen molar-refractivity contribution < 1.29 is 12.8 Å². The highest BCUT2D eigenvalue weighted by Crippen LogP contribution is 2.20. The molecule has 0 aliphatic heterocycles. The van der Waals surface area contributed by atoms with Gasteiger partial charge < -0.3 is 0 Å². The van der Waals surface area contributed by atoms with Crippen LogP contribution in [-0.2, 0) is 16.6 Å². The summed E-state index contributed by atoms with van der Waals surface area (Å²) in [6.07, 6.45) is 0. The Morgan fingerprint density at radius 2 is 1.80 bits per heavy atom. The lowest BCUT2D eigenvalue weighted by Crippen LogP contribution is -2.23. The zero-order chi connectivity index (χ0) is 14.8. The molecule has 7 heteroatoms. The van der Waals surface area contributed by atoms with Gasteiger partial charge in [0.2, 0.25) is 10.0 Å². The lowest BCUT2D eigenvalue weighted by Gasteiger charge is -2.09. The minimum atomic E-state index is -3.70. The largest absolute Gasteiger partial charge is 0.240 e. The second-order valence-corrected chi connectivity index (χ2v) is 7.07. The highest BCUT2D eigenvalue weighted by atomic mass is 79.9. The molecule has 2 aromatic carbocycles. The molecule has 20 heavy (non-hydrogen) atoms. The lowest BCUT2D eigenvalue weighted by molar-refractivity contribution is 0.574. The zero-order valence-corrected chi connectivity index (χ0v) is 13.3. The molecule has 0 saturated carbocycles. The summed E-state index contributed by atoms with van der Waals surface area (Å²) in [6.45, 7) is -0.204. The van der Waals surface area contributed by atoms with E-state index in [0.717, 1.165) is 4.47 Å². The summed E-state index contributed by atoms with van der Waals surface area (Å²) in [4.78, 5) is 0.105. The van der Waals surface area contributed by atoms with Gasteiger partial charge in [-0.15, -0.1) is 0 Å². The number of sulfonamides is 1. The number of nitrogens with one attached hydrogen (secondary N) is 1. The SMILES string of the molecule is O=S(=O)(NCc1c(F)cccc1Cl)c1ccc(Br)cc1. The normalized spacial score (nSPS) is 11.6. The van der Waals surface area contributed by atoms with Gasteiger partial charge in [0.05, 0.1) is 4.90 Å². The van der Waals surface area contributed by atoms with Crippen molar-refractivity contribution in [3.05, 3.63) is 63.3 Å². The summed E-state index contributed by atoms with van der Waals surface area (Å²) >= 11 is 9.07. The van der Waals surface area contributed by atoms with Crippen LogP contribution in [0.2, 0.25) is 5.02 Å². The van der Waals surface area contributed by atoms with E-state index in [1.54, 1.807) is 12.1 Å². The minimum absolute atomic E-state index is 0.105. The van der Waals surface area contributed by atoms with Crippen LogP contribution in [0.25, 0.3) is 0 Å². The van der Waals surface area contributed by atoms with Crippen LogP contribution in [0, 0.1) is 5.82 Å². The summed E-state index contributed by atoms with van der Waals surface area (Å²) in [5, 5.41) is 0.184. The molecular formula is C13H10BrClFNO2S. The average Bonchev–Trinajstić information content (AvgIpc) is 2.38. The van der Waals surface area contributed by atoms with Crippen molar-refractivity contribution in [3.8, 4) is 0 Å². The fourth-order valence-electron chi connectivity index (χ4n) is 1.57. The molecule has 0 atom stereocenters. The molecule has 0 aromatic heterocycles. The van der Waals surface area contributed by atoms with E-state index < -0.39 is 15.8 Å². The Kier molecular flexibility index (Phi) is 4.80. The van der Waals surface area contributed by atoms with Crippen LogP contribution in [0.5, 0.6) is 0 Å². The van der Waals surface area contributed by atoms with Gasteiger partial charge in [0.15, 0.2) is 0 Å². The van der Waals surface area contributed by atoms with Crippen molar-refractivity contribution in [3.63, 3.8) is 0 Å². The first-order valence-electron chi connectivity index (χ1n) is 5.58. The van der Waals surface area contributed by atoms with Crippen LogP contribution >= 0.6 is 27.5 Å². The van der Waals surface area contributed by atoms with Gasteiger partial charge >= 0.3 is 0 Å². The van der Waals surface area contributed by atoms with E-state index >= 15 is 0 Å². The third kappa shape index (κ3) is 3.58. The predicted molar refractivity (Wildman–Crippen MR) is 79.6 cm³/mol. The van der Waals surface area contributed by atoms with E-state index in [1.807, 2.05) is 0 Å². The molecule has 0 fully saturated rings. The van der Waals surface area contributed by atoms with E-state index in [0.29, 0.717) is 0 Å². The van der Waals surface area contributed by atoms with Crippen molar-refractivity contribution in [1.29, 1.82) is 0 Å². The zero-order valence-electron chi connectivity index (χ0n) is 10.1. The molecule has 0 amide bonds. The molecule has 0 radical (unpaired) electrons. The second kappa shape index (κ2) is 6.22. The van der Waals surface area contributed by atoms with Gasteiger partial charge in [-0.1, -0.05) is 33.6 Å². The van der Waals surface area contributed by atoms with Crippen LogP contribution in [0.4, 0.5) is 4.39 Å². The van der Waals surface area contributed by atoms with Crippen LogP contribution in [0.15, 0.2) is 51.8 Å². The number of benzene rings is 2. The first-order valence-corrected chi connectivity index (χ1v) is 8.24. The topological polar surface area (TPSA) is 46.2 Å². The molecule has 1 N–H and O–H groups in total. The van der Waals surface area contributed by atoms with Gasteiger partial charge in [-0.25, -0.2) is 17.5 Å². The molecule has 0 aliphatic carbocycles. The van der Waals surface area contributed by atoms with Crippen LogP contribution in [0.3, 0.4) is 0 Å². The molecule has 0 spiro atoms. The standard InChI is InChI=1S/C13H10BrClFNO2S/c14-9-4-6-10(7-5-9)20(18,19)17-8-11-12(15)2-1-3-13(11)16/h1-7,17H,8H2. The summed E-state index contributed by atoms with van der Waals surface area (Å²) < 4.78 is 40.7. The molecule has 0 aliphatic rings. The molecule has 3 nitrogen and oxygen atoms in total. The summed E-state index contributed by atoms with van der Waals surface area (Å²) in [7, 11) is -3.70. The third-order valence-electron chi connectivity index (χ3n) is 2.62. The van der Waals surface area contributed by atoms with Gasteiger partial charge in [-0.3, -0.25) is 0 Å². The van der Waals surface area contributed by atoms with Gasteiger partial charge in [0, 0.05) is 21.6 Å². The summed E-state index contributed by atoms with van der Waals surface area (Å²) in [6, 6.07) is 10.3. The Morgan fingerprint density at radius 3 is 2.40 bits per heavy atom. The number of hydrogen-bond donors (Lipinski definition) is 1. The van der Waals surface area contributed by atoms with Crippen molar-refractivity contribution in [2.75, 3.05) is 0 Å². The molecular weight excluding hydrogens is 369 g/mol. The minimum Gasteiger partial charge on any atom is -0.207 e. The average molecular weight is 379 g/mol. The number of hydrogen-bond acceptors (Lipinski definition) is 2. The Labute approximate surface area is 130 Å². The van der Waals surface area contributed by atoms with E-state index in [2.05, 4.69) is 20.7 Å². The van der Waals surface area contributed by atoms with Crippen molar-refractivity contribution in [2.45, 2.75) is 11.4 Å². The highest BCUT2D eigenvalue weighted by molar-refractivity contribution is 9.10. The Balaban J connectivity index is 2.20. The third-order valence-corrected chi connectivity index (χ3v) is 4.92. The van der Waals surface area contributed by atoms with Gasteiger partial charge in [-0.05, 0) is 36.4 Å². The van der Waals surface area contributed by atoms with Crippen LogP contribution < -0.4 is 4.72 Å². The molecule has 0 heterocycles. The monoisotopic (exact) mass is 377 g/mol. The first kappa shape index (κ1) is 15.4. The number of halogens is 3. The van der Waals surface area contributed by atoms with Crippen LogP contribution in [-0.4, -0.2) is 8.42 Å². The second-order valence-electron chi connectivity index (χ2n) is 3.98. The lowest BCUT2D eigenvalue weighted by atomic mass is 10.2. The molecule has 0 bridgehead atoms. The van der Waals surface area contributed by atoms with E-state index in [4.69, 9.17) is 11.6 Å². The summed E-state index contributed by atoms with van der Waals surface area (Å²) in [5.41, 5.74) is 0.120. The van der Waals surface area contributed by atoms with Crippen LogP contribution in [0.1, 0.15) is 5.56 Å². The van der Waals surface area contributed by atoms with Crippen molar-refractivity contribution in [1.82, 2.24) is 4.72 Å². The maximum atomic E-state index is 13.6. The predicted octanol–water partition coefficient (Wildman–Crippen LogP) is 3.72. The first-order chi connectivity index (χ1) is 9.40. The van der Waals surface area contributed by atoms with Gasteiger partial charge in [-0.2, -0.15) is 0 Å². The summed E-state index contributed by atoms with van der Waals surface area (Å²) in [5.74, 6) is -0.545. The molecule has 0 saturated heterocycles. The molecule has 106 valence electrons. The Hall–Kier alpha value is -0.950. The van der Waals surface area contributed by atoms with E-state index in [1.165, 1.54) is 30.3 Å². The Bertz CT molecular complexity index is 699. The maximum Gasteiger partial charge on any atom is 0.240 e. The van der Waals surface area contributed by atoms with Gasteiger partial charge in [0.1, 0.15) is 5.82 Å². The van der Waals surface area contributed by atoms with Gasteiger partial charge in [0.25, 0.3) is 0 Å². The smallest absolute Gasteiger partial charge is 0.207 e. The highest BCUT2D eigenvalue weighted by Gasteiger charge is 2.15. The fraction of sp³-hybridized carbons (Fsp3) is 0.0769. The molecule has 2 rings (SSSR count). The maximum absolute atomic E-state index is 13.6. The number of rotatable bonds is 4. The Morgan fingerprint density at radius 1 is 1.15 bits per heavy atom. The van der Waals surface area contributed by atoms with Crippen molar-refractivity contribution in [2.24, 2.45) is 0 Å². The fourth-order valence-corrected chi connectivity index (χ4v) is 3.06. The van der Waals surface area contributed by atoms with E-state index in [9.17, 15) is 12.8 Å². The van der Waals surface area contributed by atoms with Crippen molar-refractivity contribution >= 4 is 37.6 Å².